The van der Waals surface area contributed by atoms with Crippen molar-refractivity contribution in [3.05, 3.63) is 35.9 Å². The Morgan fingerprint density at radius 1 is 1.31 bits per heavy atom. The van der Waals surface area contributed by atoms with Crippen LogP contribution in [0.1, 0.15) is 24.3 Å². The number of rotatable bonds is 2. The Hall–Kier alpha value is -1.64. The van der Waals surface area contributed by atoms with Gasteiger partial charge in [0.15, 0.2) is 0 Å². The minimum atomic E-state index is -0.604. The quantitative estimate of drug-likeness (QED) is 0.562. The highest BCUT2D eigenvalue weighted by molar-refractivity contribution is 6.01. The molecule has 2 rings (SSSR count). The topological polar surface area (TPSA) is 43.4 Å². The standard InChI is InChI=1S/C13H14O3/c1-16-13(15)12-10(7-8-11(12)14)9-5-3-2-4-6-9/h2-6,10,12H,7-8H2,1H3. The van der Waals surface area contributed by atoms with Crippen molar-refractivity contribution >= 4 is 11.8 Å². The number of carbonyl (C=O) groups is 2. The van der Waals surface area contributed by atoms with Gasteiger partial charge in [0.25, 0.3) is 0 Å². The van der Waals surface area contributed by atoms with Crippen LogP contribution >= 0.6 is 0 Å². The van der Waals surface area contributed by atoms with Gasteiger partial charge in [-0.1, -0.05) is 30.3 Å². The van der Waals surface area contributed by atoms with Crippen molar-refractivity contribution in [1.82, 2.24) is 0 Å². The van der Waals surface area contributed by atoms with Crippen molar-refractivity contribution in [1.29, 1.82) is 0 Å². The minimum absolute atomic E-state index is 0.000651. The molecule has 1 saturated carbocycles. The molecule has 2 atom stereocenters. The van der Waals surface area contributed by atoms with E-state index < -0.39 is 11.9 Å². The Balaban J connectivity index is 2.28. The molecule has 3 nitrogen and oxygen atoms in total. The fourth-order valence-electron chi connectivity index (χ4n) is 2.33. The maximum Gasteiger partial charge on any atom is 0.316 e. The number of ketones is 1. The van der Waals surface area contributed by atoms with Crippen LogP contribution in [0.15, 0.2) is 30.3 Å². The highest BCUT2D eigenvalue weighted by atomic mass is 16.5. The monoisotopic (exact) mass is 218 g/mol. The van der Waals surface area contributed by atoms with Gasteiger partial charge in [-0.05, 0) is 12.0 Å². The van der Waals surface area contributed by atoms with Crippen LogP contribution in [0, 0.1) is 5.92 Å². The summed E-state index contributed by atoms with van der Waals surface area (Å²) in [4.78, 5) is 23.2. The first-order valence-electron chi connectivity index (χ1n) is 5.39. The molecule has 1 fully saturated rings. The van der Waals surface area contributed by atoms with Gasteiger partial charge in [0.05, 0.1) is 7.11 Å². The molecule has 2 unspecified atom stereocenters. The van der Waals surface area contributed by atoms with Crippen molar-refractivity contribution in [3.63, 3.8) is 0 Å². The van der Waals surface area contributed by atoms with Gasteiger partial charge in [0.2, 0.25) is 0 Å². The van der Waals surface area contributed by atoms with Crippen LogP contribution in [0.3, 0.4) is 0 Å². The molecule has 0 radical (unpaired) electrons. The minimum Gasteiger partial charge on any atom is -0.468 e. The molecular weight excluding hydrogens is 204 g/mol. The third kappa shape index (κ3) is 1.85. The van der Waals surface area contributed by atoms with Gasteiger partial charge in [0.1, 0.15) is 11.7 Å². The van der Waals surface area contributed by atoms with Crippen LogP contribution in [0.25, 0.3) is 0 Å². The second kappa shape index (κ2) is 4.47. The van der Waals surface area contributed by atoms with Crippen LogP contribution in [-0.2, 0) is 14.3 Å². The Bertz CT molecular complexity index is 397. The molecule has 0 saturated heterocycles. The lowest BCUT2D eigenvalue weighted by molar-refractivity contribution is -0.148. The first-order chi connectivity index (χ1) is 7.74. The van der Waals surface area contributed by atoms with Crippen molar-refractivity contribution in [2.24, 2.45) is 5.92 Å². The highest BCUT2D eigenvalue weighted by Crippen LogP contribution is 2.37. The number of methoxy groups -OCH3 is 1. The molecule has 0 amide bonds. The largest absolute Gasteiger partial charge is 0.468 e. The summed E-state index contributed by atoms with van der Waals surface area (Å²) in [6.45, 7) is 0. The predicted molar refractivity (Wildman–Crippen MR) is 58.9 cm³/mol. The zero-order valence-electron chi connectivity index (χ0n) is 9.18. The molecule has 0 bridgehead atoms. The second-order valence-electron chi connectivity index (χ2n) is 4.02. The van der Waals surface area contributed by atoms with E-state index in [9.17, 15) is 9.59 Å². The van der Waals surface area contributed by atoms with Gasteiger partial charge in [-0.2, -0.15) is 0 Å². The Morgan fingerprint density at radius 2 is 2.00 bits per heavy atom. The molecule has 0 heterocycles. The molecule has 1 aromatic carbocycles. The van der Waals surface area contributed by atoms with Gasteiger partial charge >= 0.3 is 5.97 Å². The number of Topliss-reactive ketones (excluding diaryl/α,β-unsaturated/α-hetero) is 1. The fourth-order valence-corrected chi connectivity index (χ4v) is 2.33. The van der Waals surface area contributed by atoms with E-state index in [0.717, 1.165) is 12.0 Å². The lowest BCUT2D eigenvalue weighted by Gasteiger charge is -2.16. The second-order valence-corrected chi connectivity index (χ2v) is 4.02. The highest BCUT2D eigenvalue weighted by Gasteiger charge is 2.41. The molecule has 1 aromatic rings. The Morgan fingerprint density at radius 3 is 2.62 bits per heavy atom. The van der Waals surface area contributed by atoms with Crippen LogP contribution in [0.2, 0.25) is 0 Å². The molecule has 0 N–H and O–H groups in total. The van der Waals surface area contributed by atoms with Crippen molar-refractivity contribution in [2.75, 3.05) is 7.11 Å². The summed E-state index contributed by atoms with van der Waals surface area (Å²) >= 11 is 0. The number of benzene rings is 1. The van der Waals surface area contributed by atoms with Crippen molar-refractivity contribution in [3.8, 4) is 0 Å². The third-order valence-electron chi connectivity index (χ3n) is 3.13. The van der Waals surface area contributed by atoms with Crippen LogP contribution in [0.5, 0.6) is 0 Å². The number of carbonyl (C=O) groups excluding carboxylic acids is 2. The number of ether oxygens (including phenoxy) is 1. The summed E-state index contributed by atoms with van der Waals surface area (Å²) in [6.07, 6.45) is 1.21. The molecule has 84 valence electrons. The molecule has 0 spiro atoms. The molecule has 0 aliphatic heterocycles. The summed E-state index contributed by atoms with van der Waals surface area (Å²) < 4.78 is 4.70. The average Bonchev–Trinajstić information content (AvgIpc) is 2.71. The average molecular weight is 218 g/mol. The molecular formula is C13H14O3. The first-order valence-corrected chi connectivity index (χ1v) is 5.39. The lowest BCUT2D eigenvalue weighted by Crippen LogP contribution is -2.25. The van der Waals surface area contributed by atoms with E-state index in [1.165, 1.54) is 7.11 Å². The normalized spacial score (nSPS) is 24.4. The van der Waals surface area contributed by atoms with E-state index in [1.54, 1.807) is 0 Å². The van der Waals surface area contributed by atoms with E-state index >= 15 is 0 Å². The van der Waals surface area contributed by atoms with Gasteiger partial charge < -0.3 is 4.74 Å². The van der Waals surface area contributed by atoms with Gasteiger partial charge in [-0.25, -0.2) is 0 Å². The van der Waals surface area contributed by atoms with Crippen molar-refractivity contribution < 1.29 is 14.3 Å². The molecule has 16 heavy (non-hydrogen) atoms. The van der Waals surface area contributed by atoms with Crippen LogP contribution < -0.4 is 0 Å². The smallest absolute Gasteiger partial charge is 0.316 e. The number of hydrogen-bond donors (Lipinski definition) is 0. The van der Waals surface area contributed by atoms with E-state index in [2.05, 4.69) is 0 Å². The van der Waals surface area contributed by atoms with Gasteiger partial charge in [-0.3, -0.25) is 9.59 Å². The lowest BCUT2D eigenvalue weighted by atomic mass is 9.89. The summed E-state index contributed by atoms with van der Waals surface area (Å²) in [6, 6.07) is 9.69. The molecule has 1 aliphatic rings. The summed E-state index contributed by atoms with van der Waals surface area (Å²) in [5.41, 5.74) is 1.05. The van der Waals surface area contributed by atoms with Crippen LogP contribution in [-0.4, -0.2) is 18.9 Å². The van der Waals surface area contributed by atoms with E-state index in [-0.39, 0.29) is 11.7 Å². The fraction of sp³-hybridized carbons (Fsp3) is 0.385. The van der Waals surface area contributed by atoms with E-state index in [4.69, 9.17) is 4.74 Å². The van der Waals surface area contributed by atoms with Gasteiger partial charge in [-0.15, -0.1) is 0 Å². The van der Waals surface area contributed by atoms with Crippen LogP contribution in [0.4, 0.5) is 0 Å². The molecule has 1 aliphatic carbocycles. The summed E-state index contributed by atoms with van der Waals surface area (Å²) in [5, 5.41) is 0. The predicted octanol–water partition coefficient (Wildman–Crippen LogP) is 1.92. The number of hydrogen-bond acceptors (Lipinski definition) is 3. The maximum absolute atomic E-state index is 11.7. The zero-order valence-corrected chi connectivity index (χ0v) is 9.18. The number of esters is 1. The van der Waals surface area contributed by atoms with Crippen molar-refractivity contribution in [2.45, 2.75) is 18.8 Å². The third-order valence-corrected chi connectivity index (χ3v) is 3.13. The SMILES string of the molecule is COC(=O)C1C(=O)CCC1c1ccccc1. The zero-order chi connectivity index (χ0) is 11.5. The Labute approximate surface area is 94.4 Å². The molecule has 3 heteroatoms. The van der Waals surface area contributed by atoms with E-state index in [0.29, 0.717) is 6.42 Å². The summed E-state index contributed by atoms with van der Waals surface area (Å²) in [7, 11) is 1.33. The van der Waals surface area contributed by atoms with E-state index in [1.807, 2.05) is 30.3 Å². The first kappa shape index (κ1) is 10.9. The maximum atomic E-state index is 11.7. The van der Waals surface area contributed by atoms with Gasteiger partial charge in [0, 0.05) is 12.3 Å². The Kier molecular flexibility index (Phi) is 3.04. The summed E-state index contributed by atoms with van der Waals surface area (Å²) in [5.74, 6) is -1.02. The molecule has 0 aromatic heterocycles.